The molecule has 0 spiro atoms. The molecule has 3 N–H and O–H groups in total. The number of rotatable bonds is 2. The van der Waals surface area contributed by atoms with Gasteiger partial charge in [0.15, 0.2) is 0 Å². The van der Waals surface area contributed by atoms with Crippen LogP contribution >= 0.6 is 0 Å². The van der Waals surface area contributed by atoms with E-state index in [1.165, 1.54) is 5.56 Å². The van der Waals surface area contributed by atoms with Crippen LogP contribution in [-0.4, -0.2) is 5.11 Å². The van der Waals surface area contributed by atoms with Crippen LogP contribution in [0.25, 0.3) is 0 Å². The zero-order valence-corrected chi connectivity index (χ0v) is 8.41. The summed E-state index contributed by atoms with van der Waals surface area (Å²) in [4.78, 5) is 0. The molecule has 0 saturated heterocycles. The van der Waals surface area contributed by atoms with Crippen molar-refractivity contribution in [3.8, 4) is 5.75 Å². The first-order valence-corrected chi connectivity index (χ1v) is 4.60. The number of hydrogen-bond acceptors (Lipinski definition) is 2. The lowest BCUT2D eigenvalue weighted by atomic mass is 9.98. The minimum absolute atomic E-state index is 0.112. The molecule has 0 unspecified atom stereocenters. The summed E-state index contributed by atoms with van der Waals surface area (Å²) in [6, 6.07) is 5.52. The van der Waals surface area contributed by atoms with Crippen molar-refractivity contribution in [2.24, 2.45) is 5.73 Å². The average molecular weight is 179 g/mol. The van der Waals surface area contributed by atoms with Crippen molar-refractivity contribution < 1.29 is 5.11 Å². The highest BCUT2D eigenvalue weighted by molar-refractivity contribution is 5.38. The van der Waals surface area contributed by atoms with Gasteiger partial charge in [-0.25, -0.2) is 0 Å². The first-order valence-electron chi connectivity index (χ1n) is 4.60. The Kier molecular flexibility index (Phi) is 2.94. The van der Waals surface area contributed by atoms with Gasteiger partial charge in [-0.3, -0.25) is 0 Å². The molecule has 13 heavy (non-hydrogen) atoms. The van der Waals surface area contributed by atoms with Crippen molar-refractivity contribution >= 4 is 0 Å². The van der Waals surface area contributed by atoms with Crippen molar-refractivity contribution in [1.29, 1.82) is 0 Å². The smallest absolute Gasteiger partial charge is 0.120 e. The van der Waals surface area contributed by atoms with E-state index in [9.17, 15) is 5.11 Å². The number of aromatic hydroxyl groups is 1. The van der Waals surface area contributed by atoms with Crippen LogP contribution in [-0.2, 0) is 0 Å². The highest BCUT2D eigenvalue weighted by atomic mass is 16.3. The molecule has 1 rings (SSSR count). The van der Waals surface area contributed by atoms with E-state index in [4.69, 9.17) is 5.73 Å². The maximum absolute atomic E-state index is 9.51. The molecule has 72 valence electrons. The zero-order chi connectivity index (χ0) is 10.0. The molecule has 0 radical (unpaired) electrons. The molecule has 0 fully saturated rings. The van der Waals surface area contributed by atoms with Gasteiger partial charge in [0, 0.05) is 11.6 Å². The largest absolute Gasteiger partial charge is 0.508 e. The molecule has 0 aliphatic rings. The molecular weight excluding hydrogens is 162 g/mol. The fourth-order valence-electron chi connectivity index (χ4n) is 1.30. The second-order valence-corrected chi connectivity index (χ2v) is 3.76. The molecule has 1 atom stereocenters. The van der Waals surface area contributed by atoms with E-state index in [-0.39, 0.29) is 6.04 Å². The first kappa shape index (κ1) is 10.1. The van der Waals surface area contributed by atoms with Crippen molar-refractivity contribution in [2.75, 3.05) is 0 Å². The lowest BCUT2D eigenvalue weighted by Gasteiger charge is -2.12. The van der Waals surface area contributed by atoms with Crippen LogP contribution < -0.4 is 5.73 Å². The molecule has 0 aliphatic heterocycles. The second kappa shape index (κ2) is 3.79. The molecule has 2 heteroatoms. The van der Waals surface area contributed by atoms with E-state index in [2.05, 4.69) is 13.8 Å². The lowest BCUT2D eigenvalue weighted by molar-refractivity contribution is 0.463. The molecule has 2 nitrogen and oxygen atoms in total. The Balaban J connectivity index is 3.11. The van der Waals surface area contributed by atoms with E-state index >= 15 is 0 Å². The summed E-state index contributed by atoms with van der Waals surface area (Å²) in [7, 11) is 0. The number of hydrogen-bond donors (Lipinski definition) is 2. The van der Waals surface area contributed by atoms with Gasteiger partial charge in [0.2, 0.25) is 0 Å². The van der Waals surface area contributed by atoms with Gasteiger partial charge in [0.05, 0.1) is 0 Å². The van der Waals surface area contributed by atoms with E-state index < -0.39 is 0 Å². The quantitative estimate of drug-likeness (QED) is 0.732. The Bertz CT molecular complexity index is 292. The number of nitrogens with two attached hydrogens (primary N) is 1. The Labute approximate surface area is 79.4 Å². The minimum Gasteiger partial charge on any atom is -0.508 e. The minimum atomic E-state index is -0.112. The lowest BCUT2D eigenvalue weighted by Crippen LogP contribution is -2.06. The summed E-state index contributed by atoms with van der Waals surface area (Å²) in [5.41, 5.74) is 7.76. The van der Waals surface area contributed by atoms with Crippen LogP contribution in [0.15, 0.2) is 18.2 Å². The highest BCUT2D eigenvalue weighted by Gasteiger charge is 2.08. The van der Waals surface area contributed by atoms with Crippen LogP contribution in [0.1, 0.15) is 43.9 Å². The van der Waals surface area contributed by atoms with Crippen LogP contribution in [0.3, 0.4) is 0 Å². The van der Waals surface area contributed by atoms with Crippen LogP contribution in [0.2, 0.25) is 0 Å². The normalized spacial score (nSPS) is 13.3. The fourth-order valence-corrected chi connectivity index (χ4v) is 1.30. The predicted molar refractivity (Wildman–Crippen MR) is 54.8 cm³/mol. The molecule has 0 saturated carbocycles. The summed E-state index contributed by atoms with van der Waals surface area (Å²) in [5.74, 6) is 0.762. The van der Waals surface area contributed by atoms with Crippen molar-refractivity contribution in [3.63, 3.8) is 0 Å². The van der Waals surface area contributed by atoms with Crippen molar-refractivity contribution in [3.05, 3.63) is 29.3 Å². The molecule has 1 aromatic rings. The summed E-state index contributed by atoms with van der Waals surface area (Å²) in [6.45, 7) is 6.12. The van der Waals surface area contributed by atoms with Gasteiger partial charge < -0.3 is 10.8 Å². The van der Waals surface area contributed by atoms with E-state index in [0.717, 1.165) is 5.56 Å². The fraction of sp³-hybridized carbons (Fsp3) is 0.455. The van der Waals surface area contributed by atoms with Gasteiger partial charge in [-0.05, 0) is 24.5 Å². The molecular formula is C11H17NO. The van der Waals surface area contributed by atoms with E-state index in [0.29, 0.717) is 11.7 Å². The molecule has 0 aromatic heterocycles. The van der Waals surface area contributed by atoms with Crippen molar-refractivity contribution in [1.82, 2.24) is 0 Å². The Morgan fingerprint density at radius 3 is 2.31 bits per heavy atom. The third kappa shape index (κ3) is 2.22. The van der Waals surface area contributed by atoms with Gasteiger partial charge in [-0.15, -0.1) is 0 Å². The Morgan fingerprint density at radius 2 is 1.85 bits per heavy atom. The number of benzene rings is 1. The molecule has 1 aromatic carbocycles. The summed E-state index contributed by atoms with van der Waals surface area (Å²) in [6.07, 6.45) is 0. The van der Waals surface area contributed by atoms with E-state index in [1.54, 1.807) is 6.07 Å². The SMILES string of the molecule is CC(C)c1ccc(O)c([C@@H](C)N)c1. The summed E-state index contributed by atoms with van der Waals surface area (Å²) in [5, 5.41) is 9.51. The van der Waals surface area contributed by atoms with Crippen LogP contribution in [0.4, 0.5) is 0 Å². The van der Waals surface area contributed by atoms with Gasteiger partial charge in [-0.2, -0.15) is 0 Å². The summed E-state index contributed by atoms with van der Waals surface area (Å²) < 4.78 is 0. The number of phenols is 1. The first-order chi connectivity index (χ1) is 6.02. The Hall–Kier alpha value is -1.02. The molecule has 0 amide bonds. The maximum atomic E-state index is 9.51. The highest BCUT2D eigenvalue weighted by Crippen LogP contribution is 2.26. The average Bonchev–Trinajstić information content (AvgIpc) is 2.04. The van der Waals surface area contributed by atoms with Gasteiger partial charge in [0.25, 0.3) is 0 Å². The molecule has 0 bridgehead atoms. The molecule has 0 aliphatic carbocycles. The number of phenolic OH excluding ortho intramolecular Hbond substituents is 1. The predicted octanol–water partition coefficient (Wildman–Crippen LogP) is 2.54. The summed E-state index contributed by atoms with van der Waals surface area (Å²) >= 11 is 0. The third-order valence-electron chi connectivity index (χ3n) is 2.21. The monoisotopic (exact) mass is 179 g/mol. The van der Waals surface area contributed by atoms with Gasteiger partial charge >= 0.3 is 0 Å². The van der Waals surface area contributed by atoms with Crippen LogP contribution in [0, 0.1) is 0 Å². The standard InChI is InChI=1S/C11H17NO/c1-7(2)9-4-5-11(13)10(6-9)8(3)12/h4-8,13H,12H2,1-3H3/t8-/m1/s1. The van der Waals surface area contributed by atoms with Gasteiger partial charge in [-0.1, -0.05) is 26.0 Å². The maximum Gasteiger partial charge on any atom is 0.120 e. The van der Waals surface area contributed by atoms with Gasteiger partial charge in [0.1, 0.15) is 5.75 Å². The zero-order valence-electron chi connectivity index (χ0n) is 8.41. The van der Waals surface area contributed by atoms with Crippen LogP contribution in [0.5, 0.6) is 5.75 Å². The third-order valence-corrected chi connectivity index (χ3v) is 2.21. The topological polar surface area (TPSA) is 46.2 Å². The second-order valence-electron chi connectivity index (χ2n) is 3.76. The molecule has 0 heterocycles. The Morgan fingerprint density at radius 1 is 1.23 bits per heavy atom. The van der Waals surface area contributed by atoms with Crippen molar-refractivity contribution in [2.45, 2.75) is 32.7 Å². The van der Waals surface area contributed by atoms with E-state index in [1.807, 2.05) is 19.1 Å².